The smallest absolute Gasteiger partial charge is 0.254 e. The van der Waals surface area contributed by atoms with Gasteiger partial charge in [0.15, 0.2) is 0 Å². The lowest BCUT2D eigenvalue weighted by Crippen LogP contribution is -2.38. The summed E-state index contributed by atoms with van der Waals surface area (Å²) in [7, 11) is 1.55. The number of carbonyl (C=O) groups excluding carboxylic acids is 2. The zero-order chi connectivity index (χ0) is 26.4. The van der Waals surface area contributed by atoms with Gasteiger partial charge in [-0.1, -0.05) is 47.5 Å². The van der Waals surface area contributed by atoms with Gasteiger partial charge in [0.2, 0.25) is 11.9 Å². The first-order valence-electron chi connectivity index (χ1n) is 11.3. The number of halogens is 2. The van der Waals surface area contributed by atoms with Gasteiger partial charge in [0.1, 0.15) is 12.3 Å². The van der Waals surface area contributed by atoms with Gasteiger partial charge in [-0.2, -0.15) is 0 Å². The highest BCUT2D eigenvalue weighted by Crippen LogP contribution is 2.26. The number of benzene rings is 3. The molecule has 3 aromatic carbocycles. The number of methoxy groups -OCH3 is 1. The molecule has 0 saturated carbocycles. The van der Waals surface area contributed by atoms with E-state index >= 15 is 0 Å². The Kier molecular flexibility index (Phi) is 8.28. The van der Waals surface area contributed by atoms with Crippen LogP contribution in [0.4, 0.5) is 5.95 Å². The molecular weight excluding hydrogens is 511 g/mol. The van der Waals surface area contributed by atoms with Crippen LogP contribution >= 0.6 is 23.2 Å². The topological polar surface area (TPSA) is 76.5 Å². The number of hydrogen-bond acceptors (Lipinski definition) is 4. The van der Waals surface area contributed by atoms with Crippen molar-refractivity contribution in [2.45, 2.75) is 0 Å². The minimum Gasteiger partial charge on any atom is -0.497 e. The summed E-state index contributed by atoms with van der Waals surface area (Å²) in [6.45, 7) is 3.71. The molecule has 7 nitrogen and oxygen atoms in total. The van der Waals surface area contributed by atoms with Crippen molar-refractivity contribution >= 4 is 41.0 Å². The second-order valence-electron chi connectivity index (χ2n) is 8.06. The number of aromatic nitrogens is 2. The van der Waals surface area contributed by atoms with E-state index in [2.05, 4.69) is 16.9 Å². The first-order valence-corrected chi connectivity index (χ1v) is 12.1. The van der Waals surface area contributed by atoms with Crippen molar-refractivity contribution in [1.82, 2.24) is 14.5 Å². The van der Waals surface area contributed by atoms with Crippen molar-refractivity contribution in [3.05, 3.63) is 107 Å². The molecule has 0 aliphatic carbocycles. The molecule has 0 unspecified atom stereocenters. The van der Waals surface area contributed by atoms with Crippen LogP contribution in [0.3, 0.4) is 0 Å². The van der Waals surface area contributed by atoms with Crippen LogP contribution in [0.15, 0.2) is 91.6 Å². The number of imidazole rings is 1. The molecule has 0 radical (unpaired) electrons. The van der Waals surface area contributed by atoms with Gasteiger partial charge in [-0.25, -0.2) is 4.98 Å². The lowest BCUT2D eigenvalue weighted by atomic mass is 10.2. The van der Waals surface area contributed by atoms with Gasteiger partial charge in [0, 0.05) is 39.6 Å². The summed E-state index contributed by atoms with van der Waals surface area (Å²) in [6, 6.07) is 21.1. The van der Waals surface area contributed by atoms with Gasteiger partial charge in [-0.05, 0) is 54.6 Å². The molecule has 0 aliphatic heterocycles. The van der Waals surface area contributed by atoms with E-state index in [4.69, 9.17) is 27.9 Å². The fourth-order valence-electron chi connectivity index (χ4n) is 3.68. The van der Waals surface area contributed by atoms with E-state index in [1.165, 1.54) is 4.90 Å². The van der Waals surface area contributed by atoms with Crippen LogP contribution in [0.25, 0.3) is 16.9 Å². The fourth-order valence-corrected chi connectivity index (χ4v) is 3.99. The Balaban J connectivity index is 1.60. The first-order chi connectivity index (χ1) is 17.9. The highest BCUT2D eigenvalue weighted by Gasteiger charge is 2.20. The summed E-state index contributed by atoms with van der Waals surface area (Å²) in [6.07, 6.45) is 3.37. The molecule has 9 heteroatoms. The Bertz CT molecular complexity index is 1420. The maximum Gasteiger partial charge on any atom is 0.254 e. The van der Waals surface area contributed by atoms with Crippen molar-refractivity contribution in [3.63, 3.8) is 0 Å². The predicted molar refractivity (Wildman–Crippen MR) is 147 cm³/mol. The zero-order valence-electron chi connectivity index (χ0n) is 20.0. The first kappa shape index (κ1) is 26.0. The van der Waals surface area contributed by atoms with Crippen molar-refractivity contribution in [3.8, 4) is 22.7 Å². The number of nitrogens with zero attached hydrogens (tertiary/aromatic N) is 3. The van der Waals surface area contributed by atoms with Gasteiger partial charge >= 0.3 is 0 Å². The van der Waals surface area contributed by atoms with E-state index in [1.807, 2.05) is 24.3 Å². The summed E-state index contributed by atoms with van der Waals surface area (Å²) < 4.78 is 6.89. The molecule has 1 aromatic heterocycles. The number of rotatable bonds is 9. The quantitative estimate of drug-likeness (QED) is 0.262. The van der Waals surface area contributed by atoms with E-state index in [9.17, 15) is 9.59 Å². The van der Waals surface area contributed by atoms with Crippen molar-refractivity contribution in [2.24, 2.45) is 0 Å². The number of nitrogens with one attached hydrogen (secondary N) is 1. The predicted octanol–water partition coefficient (Wildman–Crippen LogP) is 6.12. The molecule has 1 N–H and O–H groups in total. The molecule has 4 rings (SSSR count). The minimum absolute atomic E-state index is 0.192. The standard InChI is InChI=1S/C28H24Cl2N4O3/c1-3-15-33(27(36)20-9-13-24(37-2)14-10-20)18-26(35)32-28-31-25(19-7-11-21(29)12-8-19)17-34(28)23-6-4-5-22(30)16-23/h3-14,16-17H,1,15,18H2,2H3,(H,31,32,35). The molecular formula is C28H24Cl2N4O3. The van der Waals surface area contributed by atoms with Crippen LogP contribution in [0.2, 0.25) is 10.0 Å². The Labute approximate surface area is 224 Å². The molecule has 0 spiro atoms. The molecule has 0 atom stereocenters. The van der Waals surface area contributed by atoms with E-state index in [-0.39, 0.29) is 24.9 Å². The van der Waals surface area contributed by atoms with Crippen molar-refractivity contribution in [2.75, 3.05) is 25.5 Å². The number of hydrogen-bond donors (Lipinski definition) is 1. The molecule has 4 aromatic rings. The Hall–Kier alpha value is -4.07. The normalized spacial score (nSPS) is 10.6. The van der Waals surface area contributed by atoms with Crippen LogP contribution in [0.5, 0.6) is 5.75 Å². The molecule has 0 aliphatic rings. The molecule has 1 heterocycles. The molecule has 0 bridgehead atoms. The highest BCUT2D eigenvalue weighted by atomic mass is 35.5. The Morgan fingerprint density at radius 3 is 2.43 bits per heavy atom. The maximum absolute atomic E-state index is 13.1. The Morgan fingerprint density at radius 1 is 1.05 bits per heavy atom. The molecule has 0 saturated heterocycles. The second kappa shape index (κ2) is 11.8. The zero-order valence-corrected chi connectivity index (χ0v) is 21.5. The fraction of sp³-hybridized carbons (Fsp3) is 0.107. The molecule has 37 heavy (non-hydrogen) atoms. The summed E-state index contributed by atoms with van der Waals surface area (Å²) in [5.74, 6) is 0.194. The molecule has 2 amide bonds. The third kappa shape index (κ3) is 6.39. The maximum atomic E-state index is 13.1. The van der Waals surface area contributed by atoms with Gasteiger partial charge in [-0.15, -0.1) is 6.58 Å². The van der Waals surface area contributed by atoms with Gasteiger partial charge in [0.25, 0.3) is 5.91 Å². The number of anilines is 1. The van der Waals surface area contributed by atoms with Crippen LogP contribution in [-0.2, 0) is 4.79 Å². The van der Waals surface area contributed by atoms with Gasteiger partial charge in [0.05, 0.1) is 12.8 Å². The average Bonchev–Trinajstić information content (AvgIpc) is 3.32. The van der Waals surface area contributed by atoms with E-state index in [0.717, 1.165) is 5.56 Å². The summed E-state index contributed by atoms with van der Waals surface area (Å²) in [5, 5.41) is 3.99. The third-order valence-corrected chi connectivity index (χ3v) is 5.98. The monoisotopic (exact) mass is 534 g/mol. The largest absolute Gasteiger partial charge is 0.497 e. The SMILES string of the molecule is C=CCN(CC(=O)Nc1nc(-c2ccc(Cl)cc2)cn1-c1cccc(Cl)c1)C(=O)c1ccc(OC)cc1. The lowest BCUT2D eigenvalue weighted by Gasteiger charge is -2.21. The number of ether oxygens (including phenoxy) is 1. The number of amides is 2. The van der Waals surface area contributed by atoms with Crippen molar-refractivity contribution in [1.29, 1.82) is 0 Å². The summed E-state index contributed by atoms with van der Waals surface area (Å²) >= 11 is 12.2. The van der Waals surface area contributed by atoms with E-state index in [0.29, 0.717) is 32.7 Å². The average molecular weight is 535 g/mol. The summed E-state index contributed by atoms with van der Waals surface area (Å²) in [4.78, 5) is 32.2. The molecule has 188 valence electrons. The van der Waals surface area contributed by atoms with Gasteiger partial charge < -0.3 is 9.64 Å². The second-order valence-corrected chi connectivity index (χ2v) is 8.93. The lowest BCUT2D eigenvalue weighted by molar-refractivity contribution is -0.116. The van der Waals surface area contributed by atoms with Crippen LogP contribution in [-0.4, -0.2) is 46.5 Å². The third-order valence-electron chi connectivity index (χ3n) is 5.49. The summed E-state index contributed by atoms with van der Waals surface area (Å²) in [5.41, 5.74) is 2.60. The van der Waals surface area contributed by atoms with Crippen molar-refractivity contribution < 1.29 is 14.3 Å². The highest BCUT2D eigenvalue weighted by molar-refractivity contribution is 6.31. The van der Waals surface area contributed by atoms with Crippen LogP contribution in [0.1, 0.15) is 10.4 Å². The van der Waals surface area contributed by atoms with E-state index in [1.54, 1.807) is 72.5 Å². The Morgan fingerprint density at radius 2 is 1.78 bits per heavy atom. The van der Waals surface area contributed by atoms with Crippen LogP contribution < -0.4 is 10.1 Å². The van der Waals surface area contributed by atoms with Crippen LogP contribution in [0, 0.1) is 0 Å². The van der Waals surface area contributed by atoms with Gasteiger partial charge in [-0.3, -0.25) is 19.5 Å². The molecule has 0 fully saturated rings. The minimum atomic E-state index is -0.416. The van der Waals surface area contributed by atoms with E-state index < -0.39 is 5.91 Å². The number of carbonyl (C=O) groups is 2.